The lowest BCUT2D eigenvalue weighted by Crippen LogP contribution is -2.39. The van der Waals surface area contributed by atoms with Crippen LogP contribution in [0.25, 0.3) is 6.08 Å². The molecule has 0 saturated carbocycles. The van der Waals surface area contributed by atoms with Crippen LogP contribution in [0, 0.1) is 0 Å². The number of hydrogen-bond acceptors (Lipinski definition) is 7. The summed E-state index contributed by atoms with van der Waals surface area (Å²) < 4.78 is 18.4. The lowest BCUT2D eigenvalue weighted by molar-refractivity contribution is -0.139. The van der Waals surface area contributed by atoms with Crippen molar-refractivity contribution in [2.75, 3.05) is 20.3 Å². The number of fused-ring (bicyclic) bond motifs is 1. The predicted molar refractivity (Wildman–Crippen MR) is 136 cm³/mol. The Balaban J connectivity index is 1.90. The van der Waals surface area contributed by atoms with Gasteiger partial charge in [-0.3, -0.25) is 9.36 Å². The number of allylic oxidation sites excluding steroid dienone is 1. The van der Waals surface area contributed by atoms with Crippen molar-refractivity contribution in [2.45, 2.75) is 19.9 Å². The molecule has 0 bridgehead atoms. The van der Waals surface area contributed by atoms with Crippen LogP contribution >= 0.6 is 11.3 Å². The molecule has 0 unspecified atom stereocenters. The van der Waals surface area contributed by atoms with Crippen LogP contribution in [0.5, 0.6) is 11.5 Å². The summed E-state index contributed by atoms with van der Waals surface area (Å²) in [5.41, 5.74) is 2.14. The van der Waals surface area contributed by atoms with E-state index in [1.807, 2.05) is 48.5 Å². The van der Waals surface area contributed by atoms with E-state index in [9.17, 15) is 9.59 Å². The fourth-order valence-corrected chi connectivity index (χ4v) is 4.97. The van der Waals surface area contributed by atoms with Crippen LogP contribution in [0.1, 0.15) is 31.0 Å². The Bertz CT molecular complexity index is 1460. The number of ether oxygens (including phenoxy) is 3. The van der Waals surface area contributed by atoms with Gasteiger partial charge in [0.2, 0.25) is 0 Å². The summed E-state index contributed by atoms with van der Waals surface area (Å²) >= 11 is 1.27. The van der Waals surface area contributed by atoms with Crippen LogP contribution < -0.4 is 24.4 Å². The molecule has 8 heteroatoms. The highest BCUT2D eigenvalue weighted by molar-refractivity contribution is 7.07. The Morgan fingerprint density at radius 3 is 2.63 bits per heavy atom. The maximum Gasteiger partial charge on any atom is 0.338 e. The van der Waals surface area contributed by atoms with Gasteiger partial charge in [0, 0.05) is 5.56 Å². The zero-order valence-corrected chi connectivity index (χ0v) is 20.6. The Morgan fingerprint density at radius 1 is 1.20 bits per heavy atom. The monoisotopic (exact) mass is 490 g/mol. The van der Waals surface area contributed by atoms with Gasteiger partial charge < -0.3 is 14.2 Å². The van der Waals surface area contributed by atoms with E-state index in [1.54, 1.807) is 37.7 Å². The lowest BCUT2D eigenvalue weighted by atomic mass is 9.96. The van der Waals surface area contributed by atoms with E-state index in [-0.39, 0.29) is 12.2 Å². The minimum absolute atomic E-state index is 0.217. The van der Waals surface area contributed by atoms with Crippen LogP contribution in [-0.4, -0.2) is 30.9 Å². The lowest BCUT2D eigenvalue weighted by Gasteiger charge is -2.24. The van der Waals surface area contributed by atoms with Crippen LogP contribution in [0.2, 0.25) is 0 Å². The van der Waals surface area contributed by atoms with Crippen LogP contribution in [0.4, 0.5) is 0 Å². The summed E-state index contributed by atoms with van der Waals surface area (Å²) in [6.45, 7) is 7.77. The molecule has 1 aliphatic heterocycles. The molecule has 0 amide bonds. The topological polar surface area (TPSA) is 79.1 Å². The molecular weight excluding hydrogens is 464 g/mol. The number of para-hydroxylation sites is 1. The summed E-state index contributed by atoms with van der Waals surface area (Å²) in [4.78, 5) is 31.8. The number of esters is 1. The fraction of sp³-hybridized carbons (Fsp3) is 0.222. The molecule has 0 fully saturated rings. The second-order valence-electron chi connectivity index (χ2n) is 7.71. The van der Waals surface area contributed by atoms with Crippen molar-refractivity contribution in [1.29, 1.82) is 0 Å². The molecule has 0 N–H and O–H groups in total. The Labute approximate surface area is 206 Å². The number of methoxy groups -OCH3 is 1. The summed E-state index contributed by atoms with van der Waals surface area (Å²) in [5.74, 6) is 0.828. The molecule has 1 aromatic heterocycles. The molecule has 0 saturated heterocycles. The van der Waals surface area contributed by atoms with E-state index in [1.165, 1.54) is 11.3 Å². The SMILES string of the molecule is C=CCOc1ccc([C@@H]2C(C(=O)OCC)=C(C)N=c3s/c(=C\c4ccccc4OC)c(=O)n32)cc1. The highest BCUT2D eigenvalue weighted by Crippen LogP contribution is 2.31. The van der Waals surface area contributed by atoms with Gasteiger partial charge in [0.25, 0.3) is 5.56 Å². The van der Waals surface area contributed by atoms with Crippen molar-refractivity contribution in [3.05, 3.63) is 103 Å². The van der Waals surface area contributed by atoms with Gasteiger partial charge in [0.1, 0.15) is 18.1 Å². The first-order valence-electron chi connectivity index (χ1n) is 11.1. The van der Waals surface area contributed by atoms with Crippen LogP contribution in [-0.2, 0) is 9.53 Å². The van der Waals surface area contributed by atoms with E-state index in [0.29, 0.717) is 38.7 Å². The van der Waals surface area contributed by atoms with Gasteiger partial charge >= 0.3 is 5.97 Å². The van der Waals surface area contributed by atoms with Crippen molar-refractivity contribution in [3.63, 3.8) is 0 Å². The average molecular weight is 491 g/mol. The first-order chi connectivity index (χ1) is 17.0. The van der Waals surface area contributed by atoms with E-state index in [4.69, 9.17) is 14.2 Å². The molecule has 0 radical (unpaired) electrons. The van der Waals surface area contributed by atoms with Gasteiger partial charge in [0.05, 0.1) is 35.6 Å². The van der Waals surface area contributed by atoms with Crippen molar-refractivity contribution in [1.82, 2.24) is 4.57 Å². The summed E-state index contributed by atoms with van der Waals surface area (Å²) in [7, 11) is 1.59. The van der Waals surface area contributed by atoms with E-state index in [0.717, 1.165) is 11.1 Å². The molecule has 7 nitrogen and oxygen atoms in total. The van der Waals surface area contributed by atoms with Gasteiger partial charge in [-0.2, -0.15) is 0 Å². The minimum atomic E-state index is -0.682. The highest BCUT2D eigenvalue weighted by Gasteiger charge is 2.33. The molecule has 3 aromatic rings. The zero-order chi connectivity index (χ0) is 24.9. The first-order valence-corrected chi connectivity index (χ1v) is 12.0. The Kier molecular flexibility index (Phi) is 7.31. The van der Waals surface area contributed by atoms with Crippen LogP contribution in [0.3, 0.4) is 0 Å². The second kappa shape index (κ2) is 10.6. The normalized spacial score (nSPS) is 15.3. The van der Waals surface area contributed by atoms with Crippen molar-refractivity contribution >= 4 is 23.4 Å². The Morgan fingerprint density at radius 2 is 1.94 bits per heavy atom. The molecule has 35 heavy (non-hydrogen) atoms. The number of hydrogen-bond donors (Lipinski definition) is 0. The van der Waals surface area contributed by atoms with Gasteiger partial charge in [-0.05, 0) is 43.7 Å². The third-order valence-electron chi connectivity index (χ3n) is 5.51. The number of aromatic nitrogens is 1. The van der Waals surface area contributed by atoms with E-state index in [2.05, 4.69) is 11.6 Å². The third-order valence-corrected chi connectivity index (χ3v) is 6.49. The maximum absolute atomic E-state index is 13.7. The molecule has 0 spiro atoms. The number of rotatable bonds is 8. The highest BCUT2D eigenvalue weighted by atomic mass is 32.1. The molecule has 0 aliphatic carbocycles. The van der Waals surface area contributed by atoms with Crippen molar-refractivity contribution in [3.8, 4) is 11.5 Å². The number of carbonyl (C=O) groups is 1. The smallest absolute Gasteiger partial charge is 0.338 e. The molecule has 1 aliphatic rings. The summed E-state index contributed by atoms with van der Waals surface area (Å²) in [6, 6.07) is 14.1. The maximum atomic E-state index is 13.7. The quantitative estimate of drug-likeness (QED) is 0.357. The van der Waals surface area contributed by atoms with Gasteiger partial charge in [-0.15, -0.1) is 0 Å². The zero-order valence-electron chi connectivity index (χ0n) is 19.8. The van der Waals surface area contributed by atoms with Gasteiger partial charge in [-0.25, -0.2) is 9.79 Å². The summed E-state index contributed by atoms with van der Waals surface area (Å²) in [6.07, 6.45) is 3.45. The number of thiazole rings is 1. The first kappa shape index (κ1) is 24.2. The number of nitrogens with zero attached hydrogens (tertiary/aromatic N) is 2. The fourth-order valence-electron chi connectivity index (χ4n) is 3.94. The van der Waals surface area contributed by atoms with Crippen molar-refractivity contribution < 1.29 is 19.0 Å². The molecule has 2 heterocycles. The van der Waals surface area contributed by atoms with Crippen LogP contribution in [0.15, 0.2) is 82.2 Å². The van der Waals surface area contributed by atoms with E-state index < -0.39 is 12.0 Å². The third kappa shape index (κ3) is 4.83. The molecule has 4 rings (SSSR count). The largest absolute Gasteiger partial charge is 0.496 e. The second-order valence-corrected chi connectivity index (χ2v) is 8.72. The van der Waals surface area contributed by atoms with E-state index >= 15 is 0 Å². The average Bonchev–Trinajstić information content (AvgIpc) is 3.17. The van der Waals surface area contributed by atoms with Gasteiger partial charge in [0.15, 0.2) is 4.80 Å². The molecule has 1 atom stereocenters. The Hall–Kier alpha value is -3.91. The predicted octanol–water partition coefficient (Wildman–Crippen LogP) is 3.37. The summed E-state index contributed by atoms with van der Waals surface area (Å²) in [5, 5.41) is 0. The van der Waals surface area contributed by atoms with Crippen molar-refractivity contribution in [2.24, 2.45) is 4.99 Å². The number of benzene rings is 2. The standard InChI is InChI=1S/C27H26N2O5S/c1-5-15-34-20-13-11-18(12-14-20)24-23(26(31)33-6-2)17(3)28-27-29(24)25(30)22(35-27)16-19-9-7-8-10-21(19)32-4/h5,7-14,16,24H,1,6,15H2,2-4H3/b22-16-/t24-/m1/s1. The minimum Gasteiger partial charge on any atom is -0.496 e. The molecular formula is C27H26N2O5S. The molecule has 180 valence electrons. The van der Waals surface area contributed by atoms with Gasteiger partial charge in [-0.1, -0.05) is 54.3 Å². The molecule has 2 aromatic carbocycles. The number of carbonyl (C=O) groups excluding carboxylic acids is 1.